The molecule has 0 bridgehead atoms. The van der Waals surface area contributed by atoms with Crippen LogP contribution in [0.2, 0.25) is 0 Å². The third-order valence-electron chi connectivity index (χ3n) is 5.20. The van der Waals surface area contributed by atoms with Gasteiger partial charge in [-0.3, -0.25) is 4.98 Å². The second-order valence-electron chi connectivity index (χ2n) is 6.90. The van der Waals surface area contributed by atoms with Gasteiger partial charge in [0.1, 0.15) is 24.6 Å². The topological polar surface area (TPSA) is 46.8 Å². The lowest BCUT2D eigenvalue weighted by atomic mass is 9.94. The molecule has 1 atom stereocenters. The van der Waals surface area contributed by atoms with Crippen molar-refractivity contribution in [2.24, 2.45) is 0 Å². The van der Waals surface area contributed by atoms with E-state index in [1.54, 1.807) is 12.3 Å². The van der Waals surface area contributed by atoms with Crippen molar-refractivity contribution in [3.8, 4) is 5.75 Å². The molecular weight excluding hydrogens is 369 g/mol. The number of phenolic OH excluding ortho intramolecular Hbond substituents is 1. The summed E-state index contributed by atoms with van der Waals surface area (Å²) in [5, 5.41) is 11.7. The Balaban J connectivity index is 1.81. The van der Waals surface area contributed by atoms with Gasteiger partial charge in [0.2, 0.25) is 0 Å². The molecule has 2 heterocycles. The van der Waals surface area contributed by atoms with Crippen molar-refractivity contribution in [2.45, 2.75) is 12.2 Å². The Labute approximate surface area is 160 Å². The fourth-order valence-corrected chi connectivity index (χ4v) is 3.80. The zero-order chi connectivity index (χ0) is 19.7. The van der Waals surface area contributed by atoms with Crippen molar-refractivity contribution in [1.29, 1.82) is 0 Å². The highest BCUT2D eigenvalue weighted by molar-refractivity contribution is 5.85. The maximum atomic E-state index is 13.0. The molecule has 7 heteroatoms. The predicted molar refractivity (Wildman–Crippen MR) is 98.2 cm³/mol. The second kappa shape index (κ2) is 7.41. The van der Waals surface area contributed by atoms with Crippen LogP contribution < -0.4 is 4.90 Å². The van der Waals surface area contributed by atoms with Crippen LogP contribution in [0, 0.1) is 0 Å². The number of phenols is 1. The lowest BCUT2D eigenvalue weighted by molar-refractivity contribution is -0.933. The SMILES string of the molecule is Oc1c([C@@H](c2ccc(C(F)(F)F)cc2)[NH+]2CCOCC2)ccc2cccnc12. The molecule has 1 aliphatic rings. The summed E-state index contributed by atoms with van der Waals surface area (Å²) in [6.45, 7) is 2.54. The molecule has 1 aliphatic heterocycles. The van der Waals surface area contributed by atoms with E-state index in [4.69, 9.17) is 4.74 Å². The molecule has 0 unspecified atom stereocenters. The fourth-order valence-electron chi connectivity index (χ4n) is 3.80. The Bertz CT molecular complexity index is 968. The molecule has 1 aromatic heterocycles. The molecule has 0 saturated carbocycles. The summed E-state index contributed by atoms with van der Waals surface area (Å²) in [5.41, 5.74) is 1.18. The molecule has 28 heavy (non-hydrogen) atoms. The van der Waals surface area contributed by atoms with Crippen LogP contribution >= 0.6 is 0 Å². The van der Waals surface area contributed by atoms with Crippen molar-refractivity contribution in [2.75, 3.05) is 26.3 Å². The molecule has 0 radical (unpaired) electrons. The number of aromatic nitrogens is 1. The number of hydrogen-bond donors (Lipinski definition) is 2. The van der Waals surface area contributed by atoms with Crippen molar-refractivity contribution in [3.63, 3.8) is 0 Å². The Morgan fingerprint density at radius 3 is 2.39 bits per heavy atom. The number of hydrogen-bond acceptors (Lipinski definition) is 3. The van der Waals surface area contributed by atoms with Gasteiger partial charge in [-0.25, -0.2) is 0 Å². The number of halogens is 3. The van der Waals surface area contributed by atoms with Crippen LogP contribution in [0.3, 0.4) is 0 Å². The third kappa shape index (κ3) is 3.55. The van der Waals surface area contributed by atoms with Crippen LogP contribution in [-0.4, -0.2) is 36.4 Å². The van der Waals surface area contributed by atoms with Gasteiger partial charge >= 0.3 is 6.18 Å². The minimum Gasteiger partial charge on any atom is -0.505 e. The van der Waals surface area contributed by atoms with E-state index in [0.717, 1.165) is 28.0 Å². The summed E-state index contributed by atoms with van der Waals surface area (Å²) in [6.07, 6.45) is -2.77. The van der Waals surface area contributed by atoms with E-state index in [1.165, 1.54) is 12.1 Å². The first-order chi connectivity index (χ1) is 13.4. The lowest BCUT2D eigenvalue weighted by Crippen LogP contribution is -3.14. The van der Waals surface area contributed by atoms with E-state index in [2.05, 4.69) is 4.98 Å². The molecule has 0 amide bonds. The van der Waals surface area contributed by atoms with Gasteiger partial charge in [0.25, 0.3) is 0 Å². The van der Waals surface area contributed by atoms with Gasteiger partial charge in [-0.05, 0) is 24.3 Å². The van der Waals surface area contributed by atoms with Crippen LogP contribution in [0.1, 0.15) is 22.7 Å². The Morgan fingerprint density at radius 2 is 1.71 bits per heavy atom. The minimum absolute atomic E-state index is 0.0713. The number of benzene rings is 2. The Kier molecular flexibility index (Phi) is 4.95. The van der Waals surface area contributed by atoms with Crippen molar-refractivity contribution in [3.05, 3.63) is 71.4 Å². The normalized spacial score (nSPS) is 17.0. The van der Waals surface area contributed by atoms with E-state index >= 15 is 0 Å². The number of morpholine rings is 1. The van der Waals surface area contributed by atoms with Crippen LogP contribution in [0.4, 0.5) is 13.2 Å². The molecular formula is C21H20F3N2O2+. The number of nitrogens with zero attached hydrogens (tertiary/aromatic N) is 1. The maximum absolute atomic E-state index is 13.0. The van der Waals surface area contributed by atoms with Gasteiger partial charge in [0.15, 0.2) is 5.75 Å². The number of fused-ring (bicyclic) bond motifs is 1. The van der Waals surface area contributed by atoms with Crippen molar-refractivity contribution >= 4 is 10.9 Å². The third-order valence-corrected chi connectivity index (χ3v) is 5.20. The van der Waals surface area contributed by atoms with E-state index in [0.29, 0.717) is 37.4 Å². The molecule has 1 saturated heterocycles. The van der Waals surface area contributed by atoms with Crippen LogP contribution in [-0.2, 0) is 10.9 Å². The Morgan fingerprint density at radius 1 is 1.00 bits per heavy atom. The summed E-state index contributed by atoms with van der Waals surface area (Å²) in [4.78, 5) is 5.41. The number of aromatic hydroxyl groups is 1. The predicted octanol–water partition coefficient (Wildman–Crippen LogP) is 2.96. The van der Waals surface area contributed by atoms with Crippen molar-refractivity contribution in [1.82, 2.24) is 4.98 Å². The first-order valence-electron chi connectivity index (χ1n) is 9.11. The van der Waals surface area contributed by atoms with Crippen LogP contribution in [0.25, 0.3) is 10.9 Å². The molecule has 3 aromatic rings. The van der Waals surface area contributed by atoms with E-state index < -0.39 is 11.7 Å². The first kappa shape index (κ1) is 18.7. The molecule has 4 nitrogen and oxygen atoms in total. The van der Waals surface area contributed by atoms with E-state index in [-0.39, 0.29) is 11.8 Å². The Hall–Kier alpha value is -2.64. The monoisotopic (exact) mass is 389 g/mol. The average molecular weight is 389 g/mol. The largest absolute Gasteiger partial charge is 0.505 e. The first-order valence-corrected chi connectivity index (χ1v) is 9.11. The molecule has 2 N–H and O–H groups in total. The minimum atomic E-state index is -4.38. The summed E-state index contributed by atoms with van der Waals surface area (Å²) in [7, 11) is 0. The number of ether oxygens (including phenoxy) is 1. The van der Waals surface area contributed by atoms with E-state index in [1.807, 2.05) is 18.2 Å². The number of quaternary nitrogens is 1. The second-order valence-corrected chi connectivity index (χ2v) is 6.90. The van der Waals surface area contributed by atoms with Crippen molar-refractivity contribution < 1.29 is 27.9 Å². The zero-order valence-electron chi connectivity index (χ0n) is 15.0. The smallest absolute Gasteiger partial charge is 0.416 e. The maximum Gasteiger partial charge on any atom is 0.416 e. The number of rotatable bonds is 3. The molecule has 4 rings (SSSR count). The number of alkyl halides is 3. The van der Waals surface area contributed by atoms with Gasteiger partial charge in [-0.2, -0.15) is 13.2 Å². The summed E-state index contributed by atoms with van der Waals surface area (Å²) in [6, 6.07) is 12.3. The average Bonchev–Trinajstić information content (AvgIpc) is 2.71. The fraction of sp³-hybridized carbons (Fsp3) is 0.286. The van der Waals surface area contributed by atoms with Gasteiger partial charge in [-0.1, -0.05) is 24.3 Å². The van der Waals surface area contributed by atoms with Crippen LogP contribution in [0.5, 0.6) is 5.75 Å². The van der Waals surface area contributed by atoms with Gasteiger partial charge < -0.3 is 14.7 Å². The highest BCUT2D eigenvalue weighted by atomic mass is 19.4. The van der Waals surface area contributed by atoms with Gasteiger partial charge in [-0.15, -0.1) is 0 Å². The van der Waals surface area contributed by atoms with Gasteiger partial charge in [0.05, 0.1) is 24.3 Å². The standard InChI is InChI=1S/C21H19F3N2O2/c22-21(23,24)16-6-3-15(4-7-16)19(26-10-12-28-13-11-26)17-8-5-14-2-1-9-25-18(14)20(17)27/h1-9,19,27H,10-13H2/p+1/t19-/m1/s1. The summed E-state index contributed by atoms with van der Waals surface area (Å²) in [5.74, 6) is 0.0713. The molecule has 0 spiro atoms. The summed E-state index contributed by atoms with van der Waals surface area (Å²) < 4.78 is 44.3. The van der Waals surface area contributed by atoms with Gasteiger partial charge in [0, 0.05) is 17.1 Å². The molecule has 146 valence electrons. The highest BCUT2D eigenvalue weighted by Crippen LogP contribution is 2.35. The lowest BCUT2D eigenvalue weighted by Gasteiger charge is -2.32. The van der Waals surface area contributed by atoms with Crippen LogP contribution in [0.15, 0.2) is 54.7 Å². The highest BCUT2D eigenvalue weighted by Gasteiger charge is 2.33. The van der Waals surface area contributed by atoms with E-state index in [9.17, 15) is 18.3 Å². The summed E-state index contributed by atoms with van der Waals surface area (Å²) >= 11 is 0. The zero-order valence-corrected chi connectivity index (χ0v) is 15.0. The molecule has 1 fully saturated rings. The molecule has 2 aromatic carbocycles. The number of nitrogens with one attached hydrogen (secondary N) is 1. The molecule has 0 aliphatic carbocycles. The number of pyridine rings is 1. The quantitative estimate of drug-likeness (QED) is 0.724.